The first-order valence-electron chi connectivity index (χ1n) is 29.3. The molecule has 0 saturated heterocycles. The van der Waals surface area contributed by atoms with Crippen molar-refractivity contribution in [2.75, 3.05) is 13.2 Å². The summed E-state index contributed by atoms with van der Waals surface area (Å²) in [6, 6.07) is 0. The third-order valence-electron chi connectivity index (χ3n) is 12.8. The lowest BCUT2D eigenvalue weighted by Crippen LogP contribution is -2.30. The Morgan fingerprint density at radius 3 is 0.897 bits per heavy atom. The van der Waals surface area contributed by atoms with Crippen LogP contribution in [0.15, 0.2) is 60.8 Å². The molecule has 1 unspecified atom stereocenters. The molecule has 394 valence electrons. The zero-order valence-corrected chi connectivity index (χ0v) is 45.1. The van der Waals surface area contributed by atoms with E-state index in [1.165, 1.54) is 161 Å². The van der Waals surface area contributed by atoms with E-state index >= 15 is 0 Å². The first kappa shape index (κ1) is 65.1. The molecule has 0 aliphatic heterocycles. The number of ether oxygens (including phenoxy) is 3. The average molecular weight is 952 g/mol. The fraction of sp³-hybridized carbons (Fsp3) is 0.790. The van der Waals surface area contributed by atoms with Crippen molar-refractivity contribution in [2.24, 2.45) is 0 Å². The van der Waals surface area contributed by atoms with Crippen LogP contribution in [0.2, 0.25) is 0 Å². The van der Waals surface area contributed by atoms with Gasteiger partial charge in [0.1, 0.15) is 13.2 Å². The Morgan fingerprint density at radius 1 is 0.309 bits per heavy atom. The predicted molar refractivity (Wildman–Crippen MR) is 293 cm³/mol. The Morgan fingerprint density at radius 2 is 0.574 bits per heavy atom. The van der Waals surface area contributed by atoms with Crippen LogP contribution in [0, 0.1) is 0 Å². The van der Waals surface area contributed by atoms with E-state index in [1.807, 2.05) is 0 Å². The molecule has 0 rings (SSSR count). The summed E-state index contributed by atoms with van der Waals surface area (Å²) in [4.78, 5) is 38.0. The van der Waals surface area contributed by atoms with Crippen LogP contribution in [-0.2, 0) is 28.6 Å². The molecule has 0 bridgehead atoms. The highest BCUT2D eigenvalue weighted by molar-refractivity contribution is 5.71. The Labute approximate surface area is 421 Å². The van der Waals surface area contributed by atoms with Gasteiger partial charge >= 0.3 is 17.9 Å². The van der Waals surface area contributed by atoms with Crippen LogP contribution in [0.4, 0.5) is 0 Å². The van der Waals surface area contributed by atoms with Gasteiger partial charge in [0.2, 0.25) is 0 Å². The largest absolute Gasteiger partial charge is 0.462 e. The van der Waals surface area contributed by atoms with Gasteiger partial charge in [-0.25, -0.2) is 0 Å². The molecule has 0 N–H and O–H groups in total. The minimum atomic E-state index is -0.771. The molecule has 0 radical (unpaired) electrons. The molecule has 0 spiro atoms. The summed E-state index contributed by atoms with van der Waals surface area (Å²) in [7, 11) is 0. The molecule has 0 amide bonds. The third-order valence-corrected chi connectivity index (χ3v) is 12.8. The van der Waals surface area contributed by atoms with E-state index in [2.05, 4.69) is 81.5 Å². The maximum Gasteiger partial charge on any atom is 0.306 e. The van der Waals surface area contributed by atoms with Crippen molar-refractivity contribution in [3.63, 3.8) is 0 Å². The summed E-state index contributed by atoms with van der Waals surface area (Å²) in [5, 5.41) is 0. The minimum Gasteiger partial charge on any atom is -0.462 e. The van der Waals surface area contributed by atoms with Gasteiger partial charge in [-0.05, 0) is 64.2 Å². The van der Waals surface area contributed by atoms with Crippen molar-refractivity contribution in [3.05, 3.63) is 60.8 Å². The molecule has 6 nitrogen and oxygen atoms in total. The molecule has 6 heteroatoms. The van der Waals surface area contributed by atoms with Gasteiger partial charge in [-0.3, -0.25) is 14.4 Å². The van der Waals surface area contributed by atoms with Gasteiger partial charge in [-0.15, -0.1) is 0 Å². The van der Waals surface area contributed by atoms with Crippen LogP contribution in [0.1, 0.15) is 297 Å². The second-order valence-corrected chi connectivity index (χ2v) is 19.5. The maximum absolute atomic E-state index is 12.8. The predicted octanol–water partition coefficient (Wildman–Crippen LogP) is 19.6. The molecule has 0 aliphatic carbocycles. The Kier molecular flexibility index (Phi) is 54.3. The summed E-state index contributed by atoms with van der Waals surface area (Å²) in [6.07, 6.45) is 70.9. The Balaban J connectivity index is 4.16. The zero-order chi connectivity index (χ0) is 49.3. The number of carbonyl (C=O) groups excluding carboxylic acids is 3. The van der Waals surface area contributed by atoms with Crippen LogP contribution in [0.25, 0.3) is 0 Å². The van der Waals surface area contributed by atoms with Gasteiger partial charge in [0.05, 0.1) is 0 Å². The van der Waals surface area contributed by atoms with Crippen molar-refractivity contribution >= 4 is 17.9 Å². The standard InChI is InChI=1S/C62H110O6/c1-4-7-10-13-16-18-20-22-24-26-28-29-30-31-32-33-34-36-37-39-41-43-46-49-52-55-61(64)67-58-59(57-66-60(63)54-51-48-45-15-12-9-6-3)68-62(65)56-53-50-47-44-42-40-38-35-27-25-23-21-19-17-14-11-8-5-2/h7,10,16,18,22,24,28-29,31-32,59H,4-6,8-9,11-15,17,19-21,23,25-27,30,33-58H2,1-3H3/b10-7-,18-16-,24-22-,29-28-,32-31-. The van der Waals surface area contributed by atoms with Crippen LogP contribution in [0.3, 0.4) is 0 Å². The fourth-order valence-electron chi connectivity index (χ4n) is 8.41. The lowest BCUT2D eigenvalue weighted by molar-refractivity contribution is -0.167. The van der Waals surface area contributed by atoms with Crippen molar-refractivity contribution < 1.29 is 28.6 Å². The molecular weight excluding hydrogens is 841 g/mol. The lowest BCUT2D eigenvalue weighted by Gasteiger charge is -2.18. The average Bonchev–Trinajstić information content (AvgIpc) is 3.34. The summed E-state index contributed by atoms with van der Waals surface area (Å²) in [5.74, 6) is -0.872. The summed E-state index contributed by atoms with van der Waals surface area (Å²) < 4.78 is 16.8. The first-order chi connectivity index (χ1) is 33.5. The van der Waals surface area contributed by atoms with Crippen LogP contribution < -0.4 is 0 Å². The lowest BCUT2D eigenvalue weighted by atomic mass is 10.0. The van der Waals surface area contributed by atoms with Crippen molar-refractivity contribution in [1.29, 1.82) is 0 Å². The molecule has 0 heterocycles. The first-order valence-corrected chi connectivity index (χ1v) is 29.3. The molecular formula is C62H110O6. The number of unbranched alkanes of at least 4 members (excludes halogenated alkanes) is 32. The number of carbonyl (C=O) groups is 3. The van der Waals surface area contributed by atoms with E-state index in [0.717, 1.165) is 96.3 Å². The Bertz CT molecular complexity index is 1230. The smallest absolute Gasteiger partial charge is 0.306 e. The summed E-state index contributed by atoms with van der Waals surface area (Å²) >= 11 is 0. The van der Waals surface area contributed by atoms with Crippen molar-refractivity contribution in [2.45, 2.75) is 303 Å². The molecule has 1 atom stereocenters. The highest BCUT2D eigenvalue weighted by Gasteiger charge is 2.19. The van der Waals surface area contributed by atoms with Gasteiger partial charge in [-0.1, -0.05) is 274 Å². The maximum atomic E-state index is 12.8. The fourth-order valence-corrected chi connectivity index (χ4v) is 8.41. The van der Waals surface area contributed by atoms with E-state index < -0.39 is 6.10 Å². The number of hydrogen-bond donors (Lipinski definition) is 0. The van der Waals surface area contributed by atoms with Gasteiger partial charge in [-0.2, -0.15) is 0 Å². The SMILES string of the molecule is CC/C=C\C/C=C\C/C=C\C/C=C\C/C=C\CCCCCCCCCCCC(=O)OCC(COC(=O)CCCCCCCCC)OC(=O)CCCCCCCCCCCCCCCCCCCC. The number of hydrogen-bond acceptors (Lipinski definition) is 6. The topological polar surface area (TPSA) is 78.9 Å². The molecule has 0 aromatic heterocycles. The Hall–Kier alpha value is -2.89. The quantitative estimate of drug-likeness (QED) is 0.0262. The summed E-state index contributed by atoms with van der Waals surface area (Å²) in [6.45, 7) is 6.51. The monoisotopic (exact) mass is 951 g/mol. The molecule has 0 fully saturated rings. The van der Waals surface area contributed by atoms with Crippen molar-refractivity contribution in [3.8, 4) is 0 Å². The number of esters is 3. The van der Waals surface area contributed by atoms with Gasteiger partial charge in [0.15, 0.2) is 6.10 Å². The molecule has 0 saturated carbocycles. The van der Waals surface area contributed by atoms with Crippen LogP contribution in [0.5, 0.6) is 0 Å². The van der Waals surface area contributed by atoms with E-state index in [0.29, 0.717) is 19.3 Å². The van der Waals surface area contributed by atoms with E-state index in [-0.39, 0.29) is 31.1 Å². The number of allylic oxidation sites excluding steroid dienone is 10. The second-order valence-electron chi connectivity index (χ2n) is 19.5. The highest BCUT2D eigenvalue weighted by Crippen LogP contribution is 2.17. The number of rotatable bonds is 53. The van der Waals surface area contributed by atoms with Gasteiger partial charge < -0.3 is 14.2 Å². The van der Waals surface area contributed by atoms with Crippen LogP contribution >= 0.6 is 0 Å². The molecule has 68 heavy (non-hydrogen) atoms. The second kappa shape index (κ2) is 56.7. The van der Waals surface area contributed by atoms with E-state index in [1.54, 1.807) is 0 Å². The van der Waals surface area contributed by atoms with Gasteiger partial charge in [0.25, 0.3) is 0 Å². The molecule has 0 aromatic carbocycles. The van der Waals surface area contributed by atoms with E-state index in [4.69, 9.17) is 14.2 Å². The highest BCUT2D eigenvalue weighted by atomic mass is 16.6. The van der Waals surface area contributed by atoms with Crippen LogP contribution in [-0.4, -0.2) is 37.2 Å². The summed E-state index contributed by atoms with van der Waals surface area (Å²) in [5.41, 5.74) is 0. The zero-order valence-electron chi connectivity index (χ0n) is 45.1. The molecule has 0 aliphatic rings. The van der Waals surface area contributed by atoms with Crippen molar-refractivity contribution in [1.82, 2.24) is 0 Å². The van der Waals surface area contributed by atoms with Gasteiger partial charge in [0, 0.05) is 19.3 Å². The normalized spacial score (nSPS) is 12.5. The third kappa shape index (κ3) is 54.1. The van der Waals surface area contributed by atoms with E-state index in [9.17, 15) is 14.4 Å². The minimum absolute atomic E-state index is 0.0726. The molecule has 0 aromatic rings.